The number of halogens is 3. The van der Waals surface area contributed by atoms with Crippen LogP contribution in [0.3, 0.4) is 0 Å². The summed E-state index contributed by atoms with van der Waals surface area (Å²) in [6.45, 7) is 4.14. The van der Waals surface area contributed by atoms with E-state index in [9.17, 15) is 13.2 Å². The molecule has 0 saturated carbocycles. The highest BCUT2D eigenvalue weighted by Gasteiger charge is 2.11. The second-order valence-corrected chi connectivity index (χ2v) is 6.73. The molecule has 0 amide bonds. The first kappa shape index (κ1) is 20.7. The maximum Gasteiger partial charge on any atom is 0.166 e. The molecule has 0 bridgehead atoms. The van der Waals surface area contributed by atoms with Gasteiger partial charge in [-0.15, -0.1) is 0 Å². The highest BCUT2D eigenvalue weighted by atomic mass is 19.2. The zero-order valence-electron chi connectivity index (χ0n) is 16.5. The highest BCUT2D eigenvalue weighted by Crippen LogP contribution is 2.26. The Morgan fingerprint density at radius 1 is 0.793 bits per heavy atom. The molecule has 0 spiro atoms. The first-order chi connectivity index (χ1) is 14.0. The molecule has 0 aliphatic carbocycles. The summed E-state index contributed by atoms with van der Waals surface area (Å²) in [6.07, 6.45) is 4.55. The Balaban J connectivity index is 1.77. The lowest BCUT2D eigenvalue weighted by Crippen LogP contribution is -1.96. The molecule has 3 aromatic carbocycles. The van der Waals surface area contributed by atoms with Gasteiger partial charge in [0.25, 0.3) is 0 Å². The predicted molar refractivity (Wildman–Crippen MR) is 112 cm³/mol. The van der Waals surface area contributed by atoms with Crippen LogP contribution in [0.2, 0.25) is 0 Å². The fourth-order valence-electron chi connectivity index (χ4n) is 3.12. The van der Waals surface area contributed by atoms with Gasteiger partial charge in [-0.05, 0) is 47.7 Å². The van der Waals surface area contributed by atoms with Crippen molar-refractivity contribution >= 4 is 12.2 Å². The molecule has 1 nitrogen and oxygen atoms in total. The first-order valence-electron chi connectivity index (χ1n) is 9.71. The van der Waals surface area contributed by atoms with Gasteiger partial charge in [-0.2, -0.15) is 0 Å². The van der Waals surface area contributed by atoms with Crippen molar-refractivity contribution in [2.75, 3.05) is 6.61 Å². The van der Waals surface area contributed by atoms with Crippen LogP contribution in [0.4, 0.5) is 13.2 Å². The monoisotopic (exact) mass is 396 g/mol. The molecule has 150 valence electrons. The standard InChI is InChI=1S/C25H23F3O/c1-3-5-19-12-13-20(25(28)24(19)27)11-8-17-6-9-18(10-7-17)21-14-15-23(29-4-2)22(26)16-21/h6-16H,3-5H2,1-2H3/b11-8+. The Morgan fingerprint density at radius 2 is 1.52 bits per heavy atom. The van der Waals surface area contributed by atoms with Crippen molar-refractivity contribution in [3.05, 3.63) is 88.7 Å². The van der Waals surface area contributed by atoms with Gasteiger partial charge >= 0.3 is 0 Å². The third-order valence-corrected chi connectivity index (χ3v) is 4.64. The molecule has 0 heterocycles. The molecular weight excluding hydrogens is 373 g/mol. The minimum Gasteiger partial charge on any atom is -0.491 e. The number of rotatable bonds is 7. The molecule has 3 rings (SSSR count). The number of ether oxygens (including phenoxy) is 1. The molecule has 0 fully saturated rings. The average Bonchev–Trinajstić information content (AvgIpc) is 2.73. The van der Waals surface area contributed by atoms with Crippen molar-refractivity contribution in [1.29, 1.82) is 0 Å². The molecule has 0 saturated heterocycles. The Kier molecular flexibility index (Phi) is 6.76. The summed E-state index contributed by atoms with van der Waals surface area (Å²) in [6, 6.07) is 15.5. The van der Waals surface area contributed by atoms with Crippen molar-refractivity contribution in [1.82, 2.24) is 0 Å². The molecule has 3 aromatic rings. The van der Waals surface area contributed by atoms with Crippen molar-refractivity contribution in [2.45, 2.75) is 26.7 Å². The van der Waals surface area contributed by atoms with Gasteiger partial charge in [0.05, 0.1) is 6.61 Å². The minimum atomic E-state index is -0.825. The summed E-state index contributed by atoms with van der Waals surface area (Å²) in [4.78, 5) is 0. The van der Waals surface area contributed by atoms with E-state index in [1.807, 2.05) is 31.2 Å². The SMILES string of the molecule is CCCc1ccc(/C=C/c2ccc(-c3ccc(OCC)c(F)c3)cc2)c(F)c1F. The van der Waals surface area contributed by atoms with Crippen LogP contribution in [0, 0.1) is 17.5 Å². The lowest BCUT2D eigenvalue weighted by molar-refractivity contribution is 0.321. The van der Waals surface area contributed by atoms with Crippen LogP contribution in [0.1, 0.15) is 37.0 Å². The van der Waals surface area contributed by atoms with Crippen LogP contribution in [-0.4, -0.2) is 6.61 Å². The lowest BCUT2D eigenvalue weighted by atomic mass is 10.0. The largest absolute Gasteiger partial charge is 0.491 e. The number of benzene rings is 3. The Morgan fingerprint density at radius 3 is 2.17 bits per heavy atom. The zero-order chi connectivity index (χ0) is 20.8. The topological polar surface area (TPSA) is 9.23 Å². The van der Waals surface area contributed by atoms with Crippen LogP contribution in [0.5, 0.6) is 5.75 Å². The van der Waals surface area contributed by atoms with E-state index in [1.54, 1.807) is 43.3 Å². The Labute approximate surface area is 169 Å². The lowest BCUT2D eigenvalue weighted by Gasteiger charge is -2.07. The molecular formula is C25H23F3O. The second kappa shape index (κ2) is 9.46. The maximum atomic E-state index is 14.2. The first-order valence-corrected chi connectivity index (χ1v) is 9.71. The van der Waals surface area contributed by atoms with E-state index in [2.05, 4.69) is 0 Å². The molecule has 0 aliphatic rings. The van der Waals surface area contributed by atoms with Gasteiger partial charge in [0.1, 0.15) is 0 Å². The Bertz CT molecular complexity index is 1010. The smallest absolute Gasteiger partial charge is 0.166 e. The minimum absolute atomic E-state index is 0.208. The van der Waals surface area contributed by atoms with Crippen LogP contribution in [0.15, 0.2) is 54.6 Å². The third-order valence-electron chi connectivity index (χ3n) is 4.64. The maximum absolute atomic E-state index is 14.2. The van der Waals surface area contributed by atoms with E-state index in [0.29, 0.717) is 18.6 Å². The van der Waals surface area contributed by atoms with Gasteiger partial charge in [-0.25, -0.2) is 13.2 Å². The molecule has 29 heavy (non-hydrogen) atoms. The highest BCUT2D eigenvalue weighted by molar-refractivity contribution is 5.72. The van der Waals surface area contributed by atoms with E-state index in [0.717, 1.165) is 23.1 Å². The summed E-state index contributed by atoms with van der Waals surface area (Å²) in [5.41, 5.74) is 3.03. The van der Waals surface area contributed by atoms with Gasteiger partial charge < -0.3 is 4.74 Å². The number of hydrogen-bond acceptors (Lipinski definition) is 1. The summed E-state index contributed by atoms with van der Waals surface area (Å²) in [5, 5.41) is 0. The number of aryl methyl sites for hydroxylation is 1. The zero-order valence-corrected chi connectivity index (χ0v) is 16.5. The van der Waals surface area contributed by atoms with E-state index in [1.165, 1.54) is 6.07 Å². The normalized spacial score (nSPS) is 11.2. The van der Waals surface area contributed by atoms with E-state index < -0.39 is 17.5 Å². The summed E-state index contributed by atoms with van der Waals surface area (Å²) in [5.74, 6) is -1.78. The molecule has 0 aromatic heterocycles. The fraction of sp³-hybridized carbons (Fsp3) is 0.200. The average molecular weight is 396 g/mol. The van der Waals surface area contributed by atoms with Crippen LogP contribution >= 0.6 is 0 Å². The molecule has 0 N–H and O–H groups in total. The second-order valence-electron chi connectivity index (χ2n) is 6.73. The quantitative estimate of drug-likeness (QED) is 0.381. The Hall–Kier alpha value is -3.01. The van der Waals surface area contributed by atoms with Gasteiger partial charge in [-0.1, -0.05) is 68.0 Å². The summed E-state index contributed by atoms with van der Waals surface area (Å²) in [7, 11) is 0. The van der Waals surface area contributed by atoms with Crippen molar-refractivity contribution in [3.63, 3.8) is 0 Å². The molecule has 0 aliphatic heterocycles. The summed E-state index contributed by atoms with van der Waals surface area (Å²) >= 11 is 0. The van der Waals surface area contributed by atoms with Crippen LogP contribution in [-0.2, 0) is 6.42 Å². The molecule has 0 radical (unpaired) electrons. The summed E-state index contributed by atoms with van der Waals surface area (Å²) < 4.78 is 47.6. The van der Waals surface area contributed by atoms with E-state index >= 15 is 0 Å². The van der Waals surface area contributed by atoms with Gasteiger partial charge in [0.2, 0.25) is 0 Å². The van der Waals surface area contributed by atoms with Crippen LogP contribution < -0.4 is 4.74 Å². The number of hydrogen-bond donors (Lipinski definition) is 0. The van der Waals surface area contributed by atoms with Crippen molar-refractivity contribution in [2.24, 2.45) is 0 Å². The van der Waals surface area contributed by atoms with Gasteiger partial charge in [0, 0.05) is 5.56 Å². The molecule has 4 heteroatoms. The van der Waals surface area contributed by atoms with Crippen molar-refractivity contribution < 1.29 is 17.9 Å². The van der Waals surface area contributed by atoms with Gasteiger partial charge in [-0.3, -0.25) is 0 Å². The van der Waals surface area contributed by atoms with E-state index in [-0.39, 0.29) is 11.3 Å². The molecule has 0 unspecified atom stereocenters. The van der Waals surface area contributed by atoms with Gasteiger partial charge in [0.15, 0.2) is 23.2 Å². The van der Waals surface area contributed by atoms with Crippen LogP contribution in [0.25, 0.3) is 23.3 Å². The third kappa shape index (κ3) is 4.89. The van der Waals surface area contributed by atoms with E-state index in [4.69, 9.17) is 4.74 Å². The molecule has 0 atom stereocenters. The van der Waals surface area contributed by atoms with Crippen molar-refractivity contribution in [3.8, 4) is 16.9 Å². The fourth-order valence-corrected chi connectivity index (χ4v) is 3.12. The predicted octanol–water partition coefficient (Wildman–Crippen LogP) is 7.29.